The lowest BCUT2D eigenvalue weighted by Crippen LogP contribution is -2.60. The molecule has 9 atom stereocenters. The molecule has 1 fully saturated rings. The van der Waals surface area contributed by atoms with Gasteiger partial charge in [-0.3, -0.25) is 24.1 Å². The van der Waals surface area contributed by atoms with Crippen LogP contribution in [0.15, 0.2) is 30.3 Å². The number of likely N-dealkylation sites (tertiary alicyclic amines) is 1. The molecule has 2 N–H and O–H groups in total. The second kappa shape index (κ2) is 27.6. The van der Waals surface area contributed by atoms with E-state index >= 15 is 0 Å². The number of hydrogen-bond donors (Lipinski definition) is 2. The van der Waals surface area contributed by atoms with Crippen molar-refractivity contribution in [3.05, 3.63) is 35.9 Å². The van der Waals surface area contributed by atoms with Crippen molar-refractivity contribution < 1.29 is 42.9 Å². The van der Waals surface area contributed by atoms with E-state index in [1.807, 2.05) is 83.8 Å². The first-order chi connectivity index (χ1) is 29.7. The molecule has 1 heterocycles. The minimum absolute atomic E-state index is 0.00706. The molecule has 0 aliphatic carbocycles. The van der Waals surface area contributed by atoms with E-state index in [9.17, 15) is 24.0 Å². The maximum absolute atomic E-state index is 14.6. The number of nitrogens with zero attached hydrogens (tertiary/aromatic N) is 4. The maximum Gasteiger partial charge on any atom is 0.328 e. The molecule has 0 spiro atoms. The molecular formula is C48H84N6O9. The highest BCUT2D eigenvalue weighted by Gasteiger charge is 2.43. The van der Waals surface area contributed by atoms with E-state index in [0.717, 1.165) is 18.5 Å². The van der Waals surface area contributed by atoms with E-state index in [1.54, 1.807) is 30.9 Å². The lowest BCUT2D eigenvalue weighted by molar-refractivity contribution is -0.149. The highest BCUT2D eigenvalue weighted by molar-refractivity contribution is 5.90. The molecule has 0 radical (unpaired) electrons. The first-order valence-electron chi connectivity index (χ1n) is 23.1. The quantitative estimate of drug-likeness (QED) is 0.0916. The number of esters is 1. The lowest BCUT2D eigenvalue weighted by Gasteiger charge is -2.41. The van der Waals surface area contributed by atoms with Crippen LogP contribution in [-0.2, 0) is 49.3 Å². The zero-order valence-electron chi connectivity index (χ0n) is 41.3. The van der Waals surface area contributed by atoms with Crippen molar-refractivity contribution in [2.45, 2.75) is 143 Å². The minimum Gasteiger partial charge on any atom is -0.467 e. The van der Waals surface area contributed by atoms with Gasteiger partial charge in [0.2, 0.25) is 23.6 Å². The van der Waals surface area contributed by atoms with Crippen LogP contribution in [0.25, 0.3) is 0 Å². The van der Waals surface area contributed by atoms with Gasteiger partial charge < -0.3 is 44.3 Å². The summed E-state index contributed by atoms with van der Waals surface area (Å²) < 4.78 is 23.0. The topological polar surface area (TPSA) is 159 Å². The molecule has 15 nitrogen and oxygen atoms in total. The molecule has 2 rings (SSSR count). The summed E-state index contributed by atoms with van der Waals surface area (Å²) in [4.78, 5) is 77.1. The third-order valence-corrected chi connectivity index (χ3v) is 13.0. The summed E-state index contributed by atoms with van der Waals surface area (Å²) in [6, 6.07) is 6.73. The van der Waals surface area contributed by atoms with Gasteiger partial charge in [-0.1, -0.05) is 85.2 Å². The van der Waals surface area contributed by atoms with Crippen LogP contribution in [0.1, 0.15) is 93.6 Å². The number of hydrogen-bond acceptors (Lipinski definition) is 11. The molecule has 1 saturated heterocycles. The van der Waals surface area contributed by atoms with Gasteiger partial charge in [0.25, 0.3) is 0 Å². The van der Waals surface area contributed by atoms with Crippen molar-refractivity contribution >= 4 is 29.6 Å². The monoisotopic (exact) mass is 889 g/mol. The molecule has 0 aromatic heterocycles. The Balaban J connectivity index is 2.24. The van der Waals surface area contributed by atoms with E-state index in [4.69, 9.17) is 18.9 Å². The van der Waals surface area contributed by atoms with E-state index < -0.39 is 54.3 Å². The van der Waals surface area contributed by atoms with Crippen LogP contribution in [-0.4, -0.2) is 173 Å². The van der Waals surface area contributed by atoms with Crippen LogP contribution < -0.4 is 10.6 Å². The van der Waals surface area contributed by atoms with Crippen LogP contribution in [0.2, 0.25) is 0 Å². The molecule has 15 heteroatoms. The van der Waals surface area contributed by atoms with Gasteiger partial charge >= 0.3 is 5.97 Å². The summed E-state index contributed by atoms with van der Waals surface area (Å²) in [5.74, 6) is -2.60. The normalized spacial score (nSPS) is 18.2. The van der Waals surface area contributed by atoms with Crippen molar-refractivity contribution in [1.29, 1.82) is 0 Å². The van der Waals surface area contributed by atoms with Crippen molar-refractivity contribution in [2.75, 3.05) is 75.3 Å². The van der Waals surface area contributed by atoms with Gasteiger partial charge in [0.05, 0.1) is 63.0 Å². The summed E-state index contributed by atoms with van der Waals surface area (Å²) in [6.45, 7) is 20.9. The predicted molar refractivity (Wildman–Crippen MR) is 247 cm³/mol. The Morgan fingerprint density at radius 3 is 1.95 bits per heavy atom. The molecule has 4 amide bonds. The van der Waals surface area contributed by atoms with Crippen molar-refractivity contribution in [3.63, 3.8) is 0 Å². The number of carbonyl (C=O) groups excluding carboxylic acids is 5. The van der Waals surface area contributed by atoms with Crippen LogP contribution >= 0.6 is 0 Å². The number of benzene rings is 1. The second-order valence-corrected chi connectivity index (χ2v) is 18.4. The Hall–Kier alpha value is -3.63. The fourth-order valence-corrected chi connectivity index (χ4v) is 8.69. The molecule has 1 aromatic rings. The van der Waals surface area contributed by atoms with Crippen LogP contribution in [0, 0.1) is 23.7 Å². The Bertz CT molecular complexity index is 1550. The standard InChI is InChI=1S/C48H84N6O9/c1-16-34(8)43(53(12)47(58)41(31(2)3)50-46(57)42(32(4)5)52(11)26-28-63-27-25-51(10)33(6)7)39(60-13)30-40(55)54-24-20-23-38(54)44(61-14)35(9)45(56)49-37(48(59)62-15)29-36-21-18-17-19-22-36/h17-19,21-22,31-35,37-39,41-44H,16,20,23-30H2,1-15H3,(H,49,56)(H,50,57)/t34-,35+,37-,38-,39+,41-,42-,43-,44+/m0/s1. The fourth-order valence-electron chi connectivity index (χ4n) is 8.69. The van der Waals surface area contributed by atoms with Gasteiger partial charge in [-0.15, -0.1) is 0 Å². The average Bonchev–Trinajstić information content (AvgIpc) is 3.74. The predicted octanol–water partition coefficient (Wildman–Crippen LogP) is 4.26. The molecule has 1 aliphatic rings. The van der Waals surface area contributed by atoms with Crippen LogP contribution in [0.3, 0.4) is 0 Å². The van der Waals surface area contributed by atoms with Gasteiger partial charge in [0, 0.05) is 53.4 Å². The van der Waals surface area contributed by atoms with Gasteiger partial charge in [0.15, 0.2) is 0 Å². The molecule has 1 aliphatic heterocycles. The summed E-state index contributed by atoms with van der Waals surface area (Å²) in [5, 5.41) is 5.98. The fraction of sp³-hybridized carbons (Fsp3) is 0.771. The number of methoxy groups -OCH3 is 3. The van der Waals surface area contributed by atoms with Gasteiger partial charge in [-0.2, -0.15) is 0 Å². The average molecular weight is 889 g/mol. The maximum atomic E-state index is 14.6. The summed E-state index contributed by atoms with van der Waals surface area (Å²) in [7, 11) is 10.1. The summed E-state index contributed by atoms with van der Waals surface area (Å²) in [6.07, 6.45) is 0.996. The SMILES string of the molecule is CC[C@H](C)[C@@H]([C@@H](CC(=O)N1CCC[C@H]1[C@H](OC)[C@@H](C)C(=O)N[C@@H](Cc1ccccc1)C(=O)OC)OC)N(C)C(=O)[C@@H](NC(=O)[C@H](C(C)C)N(C)CCOCCN(C)C(C)C)C(C)C. The zero-order valence-corrected chi connectivity index (χ0v) is 41.3. The number of amides is 4. The van der Waals surface area contributed by atoms with Gasteiger partial charge in [0.1, 0.15) is 12.1 Å². The number of ether oxygens (including phenoxy) is 4. The molecule has 63 heavy (non-hydrogen) atoms. The molecule has 0 unspecified atom stereocenters. The molecular weight excluding hydrogens is 805 g/mol. The third-order valence-electron chi connectivity index (χ3n) is 13.0. The van der Waals surface area contributed by atoms with E-state index in [0.29, 0.717) is 45.2 Å². The number of nitrogens with one attached hydrogen (secondary N) is 2. The third kappa shape index (κ3) is 16.4. The largest absolute Gasteiger partial charge is 0.467 e. The first kappa shape index (κ1) is 55.5. The Kier molecular flexibility index (Phi) is 24.4. The zero-order chi connectivity index (χ0) is 47.6. The van der Waals surface area contributed by atoms with Crippen LogP contribution in [0.5, 0.6) is 0 Å². The molecule has 360 valence electrons. The Morgan fingerprint density at radius 2 is 1.43 bits per heavy atom. The highest BCUT2D eigenvalue weighted by atomic mass is 16.5. The summed E-state index contributed by atoms with van der Waals surface area (Å²) in [5.41, 5.74) is 0.873. The molecule has 0 saturated carbocycles. The number of carbonyl (C=O) groups is 5. The Morgan fingerprint density at radius 1 is 0.810 bits per heavy atom. The number of rotatable bonds is 28. The van der Waals surface area contributed by atoms with E-state index in [1.165, 1.54) is 14.2 Å². The Labute approximate surface area is 379 Å². The van der Waals surface area contributed by atoms with E-state index in [-0.39, 0.29) is 54.2 Å². The smallest absolute Gasteiger partial charge is 0.328 e. The minimum atomic E-state index is -0.899. The van der Waals surface area contributed by atoms with Crippen molar-refractivity contribution in [3.8, 4) is 0 Å². The summed E-state index contributed by atoms with van der Waals surface area (Å²) >= 11 is 0. The van der Waals surface area contributed by atoms with Gasteiger partial charge in [-0.25, -0.2) is 4.79 Å². The highest BCUT2D eigenvalue weighted by Crippen LogP contribution is 2.30. The van der Waals surface area contributed by atoms with Gasteiger partial charge in [-0.05, 0) is 64.1 Å². The molecule has 0 bridgehead atoms. The second-order valence-electron chi connectivity index (χ2n) is 18.4. The molecule has 1 aromatic carbocycles. The van der Waals surface area contributed by atoms with E-state index in [2.05, 4.69) is 36.4 Å². The van der Waals surface area contributed by atoms with Crippen LogP contribution in [0.4, 0.5) is 0 Å². The lowest BCUT2D eigenvalue weighted by atomic mass is 9.89. The number of likely N-dealkylation sites (N-methyl/N-ethyl adjacent to an activating group) is 3. The van der Waals surface area contributed by atoms with Crippen molar-refractivity contribution in [1.82, 2.24) is 30.2 Å². The first-order valence-corrected chi connectivity index (χ1v) is 23.1. The van der Waals surface area contributed by atoms with Crippen molar-refractivity contribution in [2.24, 2.45) is 23.7 Å².